The van der Waals surface area contributed by atoms with Gasteiger partial charge in [0.05, 0.1) is 10.7 Å². The highest BCUT2D eigenvalue weighted by molar-refractivity contribution is 8.00. The molecule has 1 N–H and O–H groups in total. The van der Waals surface area contributed by atoms with Crippen molar-refractivity contribution in [1.82, 2.24) is 5.32 Å². The van der Waals surface area contributed by atoms with Gasteiger partial charge < -0.3 is 5.32 Å². The minimum absolute atomic E-state index is 0.0574. The number of benzene rings is 1. The molecule has 0 radical (unpaired) electrons. The summed E-state index contributed by atoms with van der Waals surface area (Å²) in [7, 11) is 0. The average Bonchev–Trinajstić information content (AvgIpc) is 2.51. The molecule has 0 aliphatic heterocycles. The number of nitro groups is 1. The second-order valence-electron chi connectivity index (χ2n) is 7.79. The third-order valence-corrected chi connectivity index (χ3v) is 6.87. The third-order valence-electron chi connectivity index (χ3n) is 5.86. The number of nitrogens with zero attached hydrogens (tertiary/aromatic N) is 1. The number of thioether (sulfide) groups is 1. The number of nitro benzene ring substituents is 1. The minimum atomic E-state index is -0.409. The number of carbonyl (C=O) groups excluding carboxylic acids is 1. The molecule has 0 saturated heterocycles. The summed E-state index contributed by atoms with van der Waals surface area (Å²) < 4.78 is 0. The van der Waals surface area contributed by atoms with Crippen molar-refractivity contribution in [2.24, 2.45) is 17.8 Å². The van der Waals surface area contributed by atoms with Crippen molar-refractivity contribution in [3.63, 3.8) is 0 Å². The number of rotatable bonds is 5. The zero-order valence-corrected chi connectivity index (χ0v) is 14.4. The summed E-state index contributed by atoms with van der Waals surface area (Å²) in [6.07, 6.45) is 7.58. The zero-order chi connectivity index (χ0) is 16.7. The van der Waals surface area contributed by atoms with Crippen molar-refractivity contribution in [1.29, 1.82) is 0 Å². The maximum absolute atomic E-state index is 12.4. The van der Waals surface area contributed by atoms with Crippen LogP contribution in [0.1, 0.15) is 38.5 Å². The lowest BCUT2D eigenvalue weighted by Gasteiger charge is -2.56. The fourth-order valence-corrected chi connectivity index (χ4v) is 6.11. The highest BCUT2D eigenvalue weighted by Gasteiger charge is 2.51. The minimum Gasteiger partial charge on any atom is -0.350 e. The fourth-order valence-electron chi connectivity index (χ4n) is 5.41. The molecule has 0 heterocycles. The normalized spacial score (nSPS) is 33.4. The quantitative estimate of drug-likeness (QED) is 0.500. The van der Waals surface area contributed by atoms with Crippen LogP contribution in [0, 0.1) is 27.9 Å². The Balaban J connectivity index is 1.33. The van der Waals surface area contributed by atoms with Gasteiger partial charge in [-0.2, -0.15) is 0 Å². The molecule has 4 fully saturated rings. The summed E-state index contributed by atoms with van der Waals surface area (Å²) in [5.41, 5.74) is 0.138. The van der Waals surface area contributed by atoms with E-state index < -0.39 is 4.92 Å². The van der Waals surface area contributed by atoms with Crippen LogP contribution >= 0.6 is 11.8 Å². The van der Waals surface area contributed by atoms with Crippen LogP contribution in [0.2, 0.25) is 0 Å². The zero-order valence-electron chi connectivity index (χ0n) is 13.6. The van der Waals surface area contributed by atoms with Crippen LogP contribution in [0.25, 0.3) is 0 Å². The number of hydrogen-bond acceptors (Lipinski definition) is 4. The number of amides is 1. The molecule has 24 heavy (non-hydrogen) atoms. The second kappa shape index (κ2) is 6.06. The predicted molar refractivity (Wildman–Crippen MR) is 92.9 cm³/mol. The van der Waals surface area contributed by atoms with Gasteiger partial charge in [0.2, 0.25) is 5.91 Å². The van der Waals surface area contributed by atoms with Crippen LogP contribution < -0.4 is 5.32 Å². The molecule has 0 unspecified atom stereocenters. The molecule has 6 heteroatoms. The van der Waals surface area contributed by atoms with Gasteiger partial charge in [-0.1, -0.05) is 0 Å². The smallest absolute Gasteiger partial charge is 0.269 e. The molecule has 5 nitrogen and oxygen atoms in total. The molecule has 4 saturated carbocycles. The van der Waals surface area contributed by atoms with E-state index in [1.165, 1.54) is 43.2 Å². The van der Waals surface area contributed by atoms with E-state index in [0.29, 0.717) is 5.75 Å². The first kappa shape index (κ1) is 15.9. The van der Waals surface area contributed by atoms with Crippen LogP contribution in [0.15, 0.2) is 29.2 Å². The van der Waals surface area contributed by atoms with Crippen molar-refractivity contribution >= 4 is 23.4 Å². The van der Waals surface area contributed by atoms with Crippen LogP contribution in [0.3, 0.4) is 0 Å². The summed E-state index contributed by atoms with van der Waals surface area (Å²) in [6.45, 7) is 0. The Hall–Kier alpha value is -1.56. The third kappa shape index (κ3) is 3.16. The Labute approximate surface area is 145 Å². The van der Waals surface area contributed by atoms with E-state index in [4.69, 9.17) is 0 Å². The molecule has 0 spiro atoms. The molecule has 4 aliphatic rings. The molecule has 128 valence electrons. The van der Waals surface area contributed by atoms with E-state index in [0.717, 1.165) is 41.9 Å². The molecule has 5 rings (SSSR count). The topological polar surface area (TPSA) is 72.2 Å². The Morgan fingerprint density at radius 3 is 2.17 bits per heavy atom. The van der Waals surface area contributed by atoms with Gasteiger partial charge in [0, 0.05) is 22.6 Å². The number of non-ortho nitro benzene ring substituents is 1. The van der Waals surface area contributed by atoms with Gasteiger partial charge in [0.1, 0.15) is 0 Å². The maximum Gasteiger partial charge on any atom is 0.269 e. The monoisotopic (exact) mass is 346 g/mol. The summed E-state index contributed by atoms with van der Waals surface area (Å²) in [5.74, 6) is 2.93. The van der Waals surface area contributed by atoms with Crippen molar-refractivity contribution in [3.8, 4) is 0 Å². The van der Waals surface area contributed by atoms with E-state index in [1.54, 1.807) is 12.1 Å². The first-order chi connectivity index (χ1) is 11.5. The lowest BCUT2D eigenvalue weighted by atomic mass is 9.53. The Morgan fingerprint density at radius 1 is 1.12 bits per heavy atom. The van der Waals surface area contributed by atoms with Gasteiger partial charge in [0.15, 0.2) is 0 Å². The lowest BCUT2D eigenvalue weighted by molar-refractivity contribution is -0.384. The highest BCUT2D eigenvalue weighted by Crippen LogP contribution is 2.55. The van der Waals surface area contributed by atoms with Crippen molar-refractivity contribution in [2.75, 3.05) is 5.75 Å². The Bertz CT molecular complexity index is 623. The molecule has 0 aromatic heterocycles. The standard InChI is InChI=1S/C18H22N2O3S/c21-17(11-24-16-3-1-15(2-4-16)20(22)23)19-18-8-12-5-13(9-18)7-14(6-12)10-18/h1-4,12-14H,5-11H2,(H,19,21). The van der Waals surface area contributed by atoms with Gasteiger partial charge >= 0.3 is 0 Å². The number of nitrogens with one attached hydrogen (secondary N) is 1. The second-order valence-corrected chi connectivity index (χ2v) is 8.83. The van der Waals surface area contributed by atoms with Crippen molar-refractivity contribution in [2.45, 2.75) is 49.0 Å². The van der Waals surface area contributed by atoms with E-state index >= 15 is 0 Å². The summed E-state index contributed by atoms with van der Waals surface area (Å²) in [6, 6.07) is 6.39. The summed E-state index contributed by atoms with van der Waals surface area (Å²) >= 11 is 1.44. The van der Waals surface area contributed by atoms with Crippen LogP contribution in [-0.2, 0) is 4.79 Å². The number of hydrogen-bond donors (Lipinski definition) is 1. The van der Waals surface area contributed by atoms with Gasteiger partial charge in [0.25, 0.3) is 5.69 Å². The molecule has 1 aromatic carbocycles. The lowest BCUT2D eigenvalue weighted by Crippen LogP contribution is -2.60. The van der Waals surface area contributed by atoms with Gasteiger partial charge in [-0.05, 0) is 68.4 Å². The molecule has 0 atom stereocenters. The SMILES string of the molecule is O=C(CSc1ccc([N+](=O)[O-])cc1)NC12CC3CC(CC(C3)C1)C2. The van der Waals surface area contributed by atoms with Gasteiger partial charge in [-0.15, -0.1) is 11.8 Å². The molecule has 4 aliphatic carbocycles. The molecule has 4 bridgehead atoms. The molecule has 1 aromatic rings. The Morgan fingerprint density at radius 2 is 1.67 bits per heavy atom. The first-order valence-electron chi connectivity index (χ1n) is 8.70. The highest BCUT2D eigenvalue weighted by atomic mass is 32.2. The molecular formula is C18H22N2O3S. The Kier molecular flexibility index (Phi) is 4.03. The van der Waals surface area contributed by atoms with Crippen LogP contribution in [-0.4, -0.2) is 22.1 Å². The van der Waals surface area contributed by atoms with Crippen molar-refractivity contribution in [3.05, 3.63) is 34.4 Å². The number of carbonyl (C=O) groups is 1. The molecular weight excluding hydrogens is 324 g/mol. The van der Waals surface area contributed by atoms with E-state index in [-0.39, 0.29) is 17.1 Å². The fraction of sp³-hybridized carbons (Fsp3) is 0.611. The summed E-state index contributed by atoms with van der Waals surface area (Å²) in [4.78, 5) is 23.6. The predicted octanol–water partition coefficient (Wildman–Crippen LogP) is 3.77. The van der Waals surface area contributed by atoms with E-state index in [2.05, 4.69) is 5.32 Å². The van der Waals surface area contributed by atoms with E-state index in [1.807, 2.05) is 0 Å². The average molecular weight is 346 g/mol. The van der Waals surface area contributed by atoms with E-state index in [9.17, 15) is 14.9 Å². The van der Waals surface area contributed by atoms with Crippen LogP contribution in [0.5, 0.6) is 0 Å². The van der Waals surface area contributed by atoms with Crippen LogP contribution in [0.4, 0.5) is 5.69 Å². The van der Waals surface area contributed by atoms with Gasteiger partial charge in [-0.3, -0.25) is 14.9 Å². The first-order valence-corrected chi connectivity index (χ1v) is 9.68. The summed E-state index contributed by atoms with van der Waals surface area (Å²) in [5, 5.41) is 14.0. The molecule has 1 amide bonds. The maximum atomic E-state index is 12.4. The van der Waals surface area contributed by atoms with Crippen molar-refractivity contribution < 1.29 is 9.72 Å². The largest absolute Gasteiger partial charge is 0.350 e. The van der Waals surface area contributed by atoms with Gasteiger partial charge in [-0.25, -0.2) is 0 Å².